The number of anilines is 1. The Bertz CT molecular complexity index is 1380. The van der Waals surface area contributed by atoms with Gasteiger partial charge in [-0.25, -0.2) is 13.4 Å². The maximum Gasteiger partial charge on any atom is 0.244 e. The Morgan fingerprint density at radius 2 is 1.79 bits per heavy atom. The number of phenolic OH excluding ortho intramolecular Hbond substituents is 1. The summed E-state index contributed by atoms with van der Waals surface area (Å²) in [5, 5.41) is 11.9. The highest BCUT2D eigenvalue weighted by atomic mass is 32.2. The second-order valence-electron chi connectivity index (χ2n) is 8.22. The number of benzene rings is 3. The van der Waals surface area contributed by atoms with Crippen molar-refractivity contribution in [3.63, 3.8) is 0 Å². The number of sulfonamides is 1. The van der Waals surface area contributed by atoms with E-state index in [1.807, 2.05) is 49.4 Å². The fraction of sp³-hybridized carbons (Fsp3) is 0.250. The first-order valence-electron chi connectivity index (χ1n) is 10.8. The number of piperazine rings is 1. The Balaban J connectivity index is 1.32. The normalized spacial score (nSPS) is 17.5. The summed E-state index contributed by atoms with van der Waals surface area (Å²) >= 11 is 1.33. The van der Waals surface area contributed by atoms with Gasteiger partial charge in [0.1, 0.15) is 11.6 Å². The maximum absolute atomic E-state index is 13.6. The first-order valence-corrected chi connectivity index (χ1v) is 13.0. The molecule has 0 spiro atoms. The number of fused-ring (bicyclic) bond motifs is 1. The zero-order chi connectivity index (χ0) is 23.0. The van der Waals surface area contributed by atoms with Crippen molar-refractivity contribution in [2.45, 2.75) is 24.3 Å². The molecule has 4 aromatic rings. The first-order chi connectivity index (χ1) is 15.9. The second-order valence-corrected chi connectivity index (χ2v) is 10.8. The molecule has 1 atom stereocenters. The molecule has 0 saturated carbocycles. The van der Waals surface area contributed by atoms with Gasteiger partial charge in [0.2, 0.25) is 15.2 Å². The highest BCUT2D eigenvalue weighted by Crippen LogP contribution is 2.30. The molecule has 170 valence electrons. The number of hydrogen-bond acceptors (Lipinski definition) is 7. The van der Waals surface area contributed by atoms with Crippen molar-refractivity contribution < 1.29 is 13.5 Å². The van der Waals surface area contributed by atoms with Gasteiger partial charge in [-0.3, -0.25) is 0 Å². The van der Waals surface area contributed by atoms with E-state index in [1.54, 1.807) is 28.6 Å². The van der Waals surface area contributed by atoms with Gasteiger partial charge >= 0.3 is 0 Å². The standard InChI is InChI=1S/C24H24N4O3S2/c1-17-16-27(24-25-23(26-32-24)15-18-9-11-20(29)12-10-18)13-14-28(17)33(30,31)22-8-4-6-19-5-2-3-7-21(19)22/h2-12,17,29H,13-16H2,1H3. The van der Waals surface area contributed by atoms with E-state index in [0.717, 1.165) is 27.3 Å². The molecule has 1 aliphatic rings. The molecule has 1 unspecified atom stereocenters. The number of rotatable bonds is 5. The fourth-order valence-corrected chi connectivity index (χ4v) is 6.81. The lowest BCUT2D eigenvalue weighted by molar-refractivity contribution is 0.307. The molecule has 1 fully saturated rings. The van der Waals surface area contributed by atoms with Crippen LogP contribution in [-0.2, 0) is 16.4 Å². The zero-order valence-corrected chi connectivity index (χ0v) is 19.8. The molecule has 1 aliphatic heterocycles. The van der Waals surface area contributed by atoms with E-state index in [2.05, 4.69) is 14.3 Å². The van der Waals surface area contributed by atoms with E-state index >= 15 is 0 Å². The molecule has 2 heterocycles. The molecule has 33 heavy (non-hydrogen) atoms. The largest absolute Gasteiger partial charge is 0.508 e. The molecular weight excluding hydrogens is 456 g/mol. The molecule has 5 rings (SSSR count). The van der Waals surface area contributed by atoms with E-state index in [1.165, 1.54) is 11.5 Å². The van der Waals surface area contributed by atoms with Gasteiger partial charge in [-0.05, 0) is 36.1 Å². The van der Waals surface area contributed by atoms with Crippen molar-refractivity contribution >= 4 is 37.5 Å². The van der Waals surface area contributed by atoms with Crippen LogP contribution in [-0.4, -0.2) is 52.9 Å². The molecule has 1 aromatic heterocycles. The SMILES string of the molecule is CC1CN(c2nc(Cc3ccc(O)cc3)ns2)CCN1S(=O)(=O)c1cccc2ccccc12. The Labute approximate surface area is 197 Å². The lowest BCUT2D eigenvalue weighted by Crippen LogP contribution is -2.54. The van der Waals surface area contributed by atoms with Gasteiger partial charge in [-0.2, -0.15) is 8.68 Å². The average molecular weight is 481 g/mol. The summed E-state index contributed by atoms with van der Waals surface area (Å²) in [5.41, 5.74) is 1.02. The lowest BCUT2D eigenvalue weighted by Gasteiger charge is -2.38. The summed E-state index contributed by atoms with van der Waals surface area (Å²) in [7, 11) is -3.63. The number of hydrogen-bond donors (Lipinski definition) is 1. The summed E-state index contributed by atoms with van der Waals surface area (Å²) in [6.07, 6.45) is 0.585. The van der Waals surface area contributed by atoms with Gasteiger partial charge in [0.15, 0.2) is 0 Å². The van der Waals surface area contributed by atoms with Crippen molar-refractivity contribution in [2.75, 3.05) is 24.5 Å². The Hall–Kier alpha value is -3.01. The van der Waals surface area contributed by atoms with Crippen molar-refractivity contribution in [2.24, 2.45) is 0 Å². The summed E-state index contributed by atoms with van der Waals surface area (Å²) in [5.74, 6) is 0.954. The van der Waals surface area contributed by atoms with Crippen molar-refractivity contribution in [3.05, 3.63) is 78.1 Å². The zero-order valence-electron chi connectivity index (χ0n) is 18.1. The number of phenols is 1. The molecule has 7 nitrogen and oxygen atoms in total. The predicted molar refractivity (Wildman–Crippen MR) is 130 cm³/mol. The Kier molecular flexibility index (Phi) is 5.77. The fourth-order valence-electron chi connectivity index (χ4n) is 4.26. The van der Waals surface area contributed by atoms with E-state index < -0.39 is 10.0 Å². The Morgan fingerprint density at radius 1 is 1.03 bits per heavy atom. The van der Waals surface area contributed by atoms with Gasteiger partial charge in [0.25, 0.3) is 0 Å². The number of aromatic hydroxyl groups is 1. The monoisotopic (exact) mass is 480 g/mol. The highest BCUT2D eigenvalue weighted by Gasteiger charge is 2.35. The predicted octanol–water partition coefficient (Wildman–Crippen LogP) is 3.89. The van der Waals surface area contributed by atoms with Crippen LogP contribution in [0.25, 0.3) is 10.8 Å². The average Bonchev–Trinajstić information content (AvgIpc) is 3.28. The quantitative estimate of drug-likeness (QED) is 0.466. The minimum Gasteiger partial charge on any atom is -0.508 e. The summed E-state index contributed by atoms with van der Waals surface area (Å²) in [6, 6.07) is 19.8. The van der Waals surface area contributed by atoms with E-state index in [-0.39, 0.29) is 11.8 Å². The van der Waals surface area contributed by atoms with Gasteiger partial charge in [0.05, 0.1) is 4.90 Å². The maximum atomic E-state index is 13.6. The number of aromatic nitrogens is 2. The summed E-state index contributed by atoms with van der Waals surface area (Å²) in [6.45, 7) is 3.44. The van der Waals surface area contributed by atoms with Crippen LogP contribution < -0.4 is 4.90 Å². The third kappa shape index (κ3) is 4.31. The van der Waals surface area contributed by atoms with Gasteiger partial charge in [-0.15, -0.1) is 0 Å². The second kappa shape index (κ2) is 8.74. The van der Waals surface area contributed by atoms with Gasteiger partial charge in [0, 0.05) is 49.0 Å². The molecule has 9 heteroatoms. The smallest absolute Gasteiger partial charge is 0.244 e. The third-order valence-corrected chi connectivity index (χ3v) is 8.82. The topological polar surface area (TPSA) is 86.6 Å². The minimum atomic E-state index is -3.63. The van der Waals surface area contributed by atoms with Crippen LogP contribution in [0.15, 0.2) is 71.6 Å². The van der Waals surface area contributed by atoms with Gasteiger partial charge < -0.3 is 10.0 Å². The molecule has 0 bridgehead atoms. The molecule has 3 aromatic carbocycles. The van der Waals surface area contributed by atoms with E-state index in [4.69, 9.17) is 0 Å². The first kappa shape index (κ1) is 21.8. The van der Waals surface area contributed by atoms with Crippen LogP contribution in [0.1, 0.15) is 18.3 Å². The highest BCUT2D eigenvalue weighted by molar-refractivity contribution is 7.89. The van der Waals surface area contributed by atoms with Crippen LogP contribution in [0.3, 0.4) is 0 Å². The molecular formula is C24H24N4O3S2. The molecule has 0 amide bonds. The molecule has 1 N–H and O–H groups in total. The minimum absolute atomic E-state index is 0.202. The number of nitrogens with zero attached hydrogens (tertiary/aromatic N) is 4. The van der Waals surface area contributed by atoms with E-state index in [9.17, 15) is 13.5 Å². The van der Waals surface area contributed by atoms with Crippen molar-refractivity contribution in [3.8, 4) is 5.75 Å². The summed E-state index contributed by atoms with van der Waals surface area (Å²) in [4.78, 5) is 7.14. The third-order valence-electron chi connectivity index (χ3n) is 5.93. The van der Waals surface area contributed by atoms with Crippen LogP contribution in [0.4, 0.5) is 5.13 Å². The van der Waals surface area contributed by atoms with Crippen LogP contribution >= 0.6 is 11.5 Å². The van der Waals surface area contributed by atoms with Crippen molar-refractivity contribution in [1.82, 2.24) is 13.7 Å². The molecule has 1 saturated heterocycles. The van der Waals surface area contributed by atoms with Crippen molar-refractivity contribution in [1.29, 1.82) is 0 Å². The van der Waals surface area contributed by atoms with Gasteiger partial charge in [-0.1, -0.05) is 48.5 Å². The Morgan fingerprint density at radius 3 is 2.58 bits per heavy atom. The molecule has 0 radical (unpaired) electrons. The summed E-state index contributed by atoms with van der Waals surface area (Å²) < 4.78 is 33.2. The molecule has 0 aliphatic carbocycles. The van der Waals surface area contributed by atoms with Crippen LogP contribution in [0, 0.1) is 0 Å². The van der Waals surface area contributed by atoms with Crippen LogP contribution in [0.2, 0.25) is 0 Å². The lowest BCUT2D eigenvalue weighted by atomic mass is 10.1. The van der Waals surface area contributed by atoms with E-state index in [0.29, 0.717) is 31.0 Å². The van der Waals surface area contributed by atoms with Crippen LogP contribution in [0.5, 0.6) is 5.75 Å².